The molecule has 1 aromatic rings. The number of ether oxygens (including phenoxy) is 2. The number of carbonyl (C=O) groups is 3. The molecular formula is C60H100O6. The molecule has 1 aromatic carbocycles. The van der Waals surface area contributed by atoms with Crippen molar-refractivity contribution >= 4 is 17.9 Å². The second-order valence-corrected chi connectivity index (χ2v) is 24.4. The van der Waals surface area contributed by atoms with Crippen LogP contribution in [0.5, 0.6) is 0 Å². The number of benzene rings is 1. The van der Waals surface area contributed by atoms with Crippen LogP contribution in [0.2, 0.25) is 0 Å². The van der Waals surface area contributed by atoms with Crippen molar-refractivity contribution in [3.05, 3.63) is 35.9 Å². The average Bonchev–Trinajstić information content (AvgIpc) is 3.65. The van der Waals surface area contributed by atoms with Crippen LogP contribution in [-0.4, -0.2) is 29.1 Å². The number of rotatable bonds is 27. The van der Waals surface area contributed by atoms with Crippen molar-refractivity contribution in [3.63, 3.8) is 0 Å². The van der Waals surface area contributed by atoms with Crippen LogP contribution in [-0.2, 0) is 30.5 Å². The van der Waals surface area contributed by atoms with Crippen LogP contribution in [0.4, 0.5) is 0 Å². The molecule has 0 amide bonds. The average molecular weight is 917 g/mol. The van der Waals surface area contributed by atoms with E-state index in [4.69, 9.17) is 9.47 Å². The zero-order chi connectivity index (χ0) is 49.2. The highest BCUT2D eigenvalue weighted by molar-refractivity contribution is 5.82. The molecule has 66 heavy (non-hydrogen) atoms. The van der Waals surface area contributed by atoms with Gasteiger partial charge in [-0.15, -0.1) is 0 Å². The van der Waals surface area contributed by atoms with E-state index in [1.54, 1.807) is 0 Å². The molecule has 4 fully saturated rings. The zero-order valence-corrected chi connectivity index (χ0v) is 45.3. The Kier molecular flexibility index (Phi) is 17.0. The lowest BCUT2D eigenvalue weighted by atomic mass is 9.32. The second-order valence-electron chi connectivity index (χ2n) is 24.4. The van der Waals surface area contributed by atoms with E-state index in [-0.39, 0.29) is 58.1 Å². The minimum Gasteiger partial charge on any atom is -0.481 e. The number of unbranched alkanes of at least 4 members (excludes halogenated alkanes) is 1. The molecule has 10 atom stereocenters. The van der Waals surface area contributed by atoms with E-state index in [0.29, 0.717) is 25.2 Å². The Hall–Kier alpha value is -2.37. The lowest BCUT2D eigenvalue weighted by Crippen LogP contribution is -2.69. The van der Waals surface area contributed by atoms with Gasteiger partial charge >= 0.3 is 17.9 Å². The van der Waals surface area contributed by atoms with Crippen LogP contribution in [0.3, 0.4) is 0 Å². The quantitative estimate of drug-likeness (QED) is 0.0884. The first-order valence-corrected chi connectivity index (χ1v) is 27.8. The summed E-state index contributed by atoms with van der Waals surface area (Å²) in [6.07, 6.45) is 18.4. The van der Waals surface area contributed by atoms with Gasteiger partial charge < -0.3 is 14.6 Å². The van der Waals surface area contributed by atoms with Gasteiger partial charge in [0.2, 0.25) is 0 Å². The number of hydrogen-bond acceptors (Lipinski definition) is 5. The molecule has 0 saturated heterocycles. The van der Waals surface area contributed by atoms with Gasteiger partial charge in [0.15, 0.2) is 0 Å². The number of carbonyl (C=O) groups excluding carboxylic acids is 2. The summed E-state index contributed by atoms with van der Waals surface area (Å²) in [5, 5.41) is 11.5. The molecule has 5 rings (SSSR count). The van der Waals surface area contributed by atoms with Gasteiger partial charge in [0.25, 0.3) is 0 Å². The van der Waals surface area contributed by atoms with Crippen molar-refractivity contribution in [2.75, 3.05) is 0 Å². The Labute approximate surface area is 405 Å². The Morgan fingerprint density at radius 2 is 1.45 bits per heavy atom. The molecule has 0 aromatic heterocycles. The normalized spacial score (nSPS) is 32.6. The molecule has 10 unspecified atom stereocenters. The monoisotopic (exact) mass is 917 g/mol. The van der Waals surface area contributed by atoms with E-state index in [2.05, 4.69) is 104 Å². The summed E-state index contributed by atoms with van der Waals surface area (Å²) < 4.78 is 13.8. The van der Waals surface area contributed by atoms with Crippen molar-refractivity contribution in [3.8, 4) is 0 Å². The SMILES string of the molecule is CCCCC1(CC)CCC1(CC(CC)C1(CC)CC(C)C1(CC(CC)(CC)C(CC)(CC)C(CC(C)(CC)CC)C(=O)O)C(=O)OC1CC2CCC1(C)C2(C)C)C(=O)OCc1ccccc1. The fraction of sp³-hybridized carbons (Fsp3) is 0.850. The number of fused-ring (bicyclic) bond motifs is 2. The van der Waals surface area contributed by atoms with Crippen molar-refractivity contribution in [2.24, 2.45) is 72.4 Å². The van der Waals surface area contributed by atoms with E-state index < -0.39 is 39.0 Å². The van der Waals surface area contributed by atoms with Gasteiger partial charge in [0, 0.05) is 5.41 Å². The lowest BCUT2D eigenvalue weighted by molar-refractivity contribution is -0.251. The number of carboxylic acids is 1. The van der Waals surface area contributed by atoms with Crippen molar-refractivity contribution in [1.82, 2.24) is 0 Å². The van der Waals surface area contributed by atoms with E-state index >= 15 is 9.59 Å². The van der Waals surface area contributed by atoms with Crippen LogP contribution >= 0.6 is 0 Å². The highest BCUT2D eigenvalue weighted by Crippen LogP contribution is 2.77. The van der Waals surface area contributed by atoms with Gasteiger partial charge in [0.1, 0.15) is 12.7 Å². The standard InChI is InChI=1S/C60H100O6/c1-16-26-33-56(22-7)35-36-59(56,50(63)65-41-44-30-28-27-29-31-44)39-45(17-2)58(25-10)38-43(11)60(58,51(64)66-48-37-46-32-34-54(48,15)52(46,12)13)42-55(20-5,21-6)57(23-8,24-9)47(49(61)62)40-53(14,18-3)19-4/h27-31,43,45-48H,16-26,32-42H2,1-15H3,(H,61,62). The first kappa shape index (κ1) is 54.6. The topological polar surface area (TPSA) is 89.9 Å². The third-order valence-corrected chi connectivity index (χ3v) is 23.2. The Balaban J connectivity index is 1.73. The smallest absolute Gasteiger partial charge is 0.313 e. The molecule has 0 aliphatic heterocycles. The molecule has 2 bridgehead atoms. The molecule has 4 aliphatic rings. The van der Waals surface area contributed by atoms with E-state index in [1.807, 2.05) is 30.3 Å². The largest absolute Gasteiger partial charge is 0.481 e. The van der Waals surface area contributed by atoms with Crippen molar-refractivity contribution in [1.29, 1.82) is 0 Å². The summed E-state index contributed by atoms with van der Waals surface area (Å²) in [7, 11) is 0. The number of esters is 2. The Morgan fingerprint density at radius 3 is 1.88 bits per heavy atom. The minimum absolute atomic E-state index is 0.0237. The van der Waals surface area contributed by atoms with Gasteiger partial charge in [-0.25, -0.2) is 0 Å². The maximum absolute atomic E-state index is 16.5. The first-order chi connectivity index (χ1) is 31.1. The van der Waals surface area contributed by atoms with E-state index in [9.17, 15) is 9.90 Å². The number of aliphatic carboxylic acids is 1. The molecule has 1 N–H and O–H groups in total. The lowest BCUT2D eigenvalue weighted by Gasteiger charge is -2.70. The molecule has 6 nitrogen and oxygen atoms in total. The van der Waals surface area contributed by atoms with Gasteiger partial charge in [-0.1, -0.05) is 166 Å². The number of hydrogen-bond donors (Lipinski definition) is 1. The fourth-order valence-corrected chi connectivity index (χ4v) is 17.3. The fourth-order valence-electron chi connectivity index (χ4n) is 17.3. The van der Waals surface area contributed by atoms with Crippen molar-refractivity contribution in [2.45, 2.75) is 251 Å². The molecule has 4 saturated carbocycles. The molecule has 0 heterocycles. The van der Waals surface area contributed by atoms with E-state index in [0.717, 1.165) is 115 Å². The summed E-state index contributed by atoms with van der Waals surface area (Å²) in [6, 6.07) is 10.1. The predicted molar refractivity (Wildman–Crippen MR) is 272 cm³/mol. The molecular weight excluding hydrogens is 817 g/mol. The van der Waals surface area contributed by atoms with Crippen LogP contribution in [0, 0.1) is 72.4 Å². The van der Waals surface area contributed by atoms with Gasteiger partial charge in [-0.3, -0.25) is 14.4 Å². The van der Waals surface area contributed by atoms with Gasteiger partial charge in [0.05, 0.1) is 16.7 Å². The molecule has 0 radical (unpaired) electrons. The highest BCUT2D eigenvalue weighted by atomic mass is 16.5. The first-order valence-electron chi connectivity index (χ1n) is 27.8. The van der Waals surface area contributed by atoms with Crippen molar-refractivity contribution < 1.29 is 29.0 Å². The van der Waals surface area contributed by atoms with Gasteiger partial charge in [-0.05, 0) is 159 Å². The van der Waals surface area contributed by atoms with Crippen LogP contribution in [0.15, 0.2) is 30.3 Å². The summed E-state index contributed by atoms with van der Waals surface area (Å²) in [6.45, 7) is 34.8. The zero-order valence-electron chi connectivity index (χ0n) is 45.3. The predicted octanol–water partition coefficient (Wildman–Crippen LogP) is 16.6. The third kappa shape index (κ3) is 8.26. The minimum atomic E-state index is -0.856. The van der Waals surface area contributed by atoms with Crippen LogP contribution in [0.25, 0.3) is 0 Å². The third-order valence-electron chi connectivity index (χ3n) is 23.2. The van der Waals surface area contributed by atoms with Crippen LogP contribution < -0.4 is 0 Å². The van der Waals surface area contributed by atoms with Crippen LogP contribution in [0.1, 0.15) is 244 Å². The summed E-state index contributed by atoms with van der Waals surface area (Å²) >= 11 is 0. The van der Waals surface area contributed by atoms with Gasteiger partial charge in [-0.2, -0.15) is 0 Å². The maximum Gasteiger partial charge on any atom is 0.313 e. The Morgan fingerprint density at radius 1 is 0.818 bits per heavy atom. The Bertz CT molecular complexity index is 1780. The van der Waals surface area contributed by atoms with E-state index in [1.165, 1.54) is 6.42 Å². The summed E-state index contributed by atoms with van der Waals surface area (Å²) in [4.78, 5) is 45.8. The maximum atomic E-state index is 16.5. The molecule has 0 spiro atoms. The highest BCUT2D eigenvalue weighted by Gasteiger charge is 2.75. The number of carboxylic acid groups (broad SMARTS) is 1. The molecule has 376 valence electrons. The molecule has 4 aliphatic carbocycles. The second kappa shape index (κ2) is 20.5. The molecule has 6 heteroatoms. The summed E-state index contributed by atoms with van der Waals surface area (Å²) in [5.74, 6) is -0.676. The summed E-state index contributed by atoms with van der Waals surface area (Å²) in [5.41, 5.74) is -2.22.